The smallest absolute Gasteiger partial charge is 0.241 e. The van der Waals surface area contributed by atoms with E-state index in [0.29, 0.717) is 17.4 Å². The van der Waals surface area contributed by atoms with Crippen molar-refractivity contribution in [1.29, 1.82) is 0 Å². The Hall–Kier alpha value is -0.910. The molecule has 2 rings (SSSR count). The van der Waals surface area contributed by atoms with Crippen molar-refractivity contribution in [3.63, 3.8) is 0 Å². The van der Waals surface area contributed by atoms with Gasteiger partial charge in [0.05, 0.1) is 4.90 Å². The third-order valence-corrected chi connectivity index (χ3v) is 5.26. The fraction of sp³-hybridized carbons (Fsp3) is 0.600. The number of nitrogens with one attached hydrogen (secondary N) is 2. The van der Waals surface area contributed by atoms with Crippen molar-refractivity contribution in [1.82, 2.24) is 10.0 Å². The van der Waals surface area contributed by atoms with Crippen LogP contribution in [0.25, 0.3) is 0 Å². The van der Waals surface area contributed by atoms with Crippen molar-refractivity contribution in [2.24, 2.45) is 5.92 Å². The third-order valence-electron chi connectivity index (χ3n) is 3.57. The van der Waals surface area contributed by atoms with Crippen LogP contribution in [0.5, 0.6) is 0 Å². The van der Waals surface area contributed by atoms with E-state index in [1.807, 2.05) is 26.0 Å². The van der Waals surface area contributed by atoms with E-state index in [1.165, 1.54) is 12.8 Å². The minimum Gasteiger partial charge on any atom is -0.313 e. The average Bonchev–Trinajstić information content (AvgIpc) is 3.19. The summed E-state index contributed by atoms with van der Waals surface area (Å²) in [5.74, 6) is 0.713. The quantitative estimate of drug-likeness (QED) is 0.773. The molecule has 20 heavy (non-hydrogen) atoms. The maximum Gasteiger partial charge on any atom is 0.241 e. The van der Waals surface area contributed by atoms with Gasteiger partial charge in [-0.2, -0.15) is 0 Å². The molecule has 0 spiro atoms. The lowest BCUT2D eigenvalue weighted by Gasteiger charge is -2.16. The molecular weight excluding hydrogens is 272 g/mol. The van der Waals surface area contributed by atoms with Gasteiger partial charge in [-0.05, 0) is 37.4 Å². The summed E-state index contributed by atoms with van der Waals surface area (Å²) in [4.78, 5) is 0.392. The Morgan fingerprint density at radius 1 is 1.30 bits per heavy atom. The zero-order chi connectivity index (χ0) is 14.6. The molecule has 0 aliphatic heterocycles. The standard InChI is InChI=1S/C15H24N2O2S/c1-3-16-11-14-6-4-5-7-15(14)20(18,19)17-12(2)10-13-8-9-13/h4-7,12-13,16-17H,3,8-11H2,1-2H3. The first-order valence-electron chi connectivity index (χ1n) is 7.34. The maximum atomic E-state index is 12.5. The number of sulfonamides is 1. The summed E-state index contributed by atoms with van der Waals surface area (Å²) in [5, 5.41) is 3.18. The van der Waals surface area contributed by atoms with Crippen LogP contribution in [0.4, 0.5) is 0 Å². The van der Waals surface area contributed by atoms with Gasteiger partial charge >= 0.3 is 0 Å². The van der Waals surface area contributed by atoms with E-state index in [9.17, 15) is 8.42 Å². The molecule has 0 aromatic heterocycles. The Morgan fingerprint density at radius 2 is 2.00 bits per heavy atom. The van der Waals surface area contributed by atoms with Gasteiger partial charge in [-0.15, -0.1) is 0 Å². The SMILES string of the molecule is CCNCc1ccccc1S(=O)(=O)NC(C)CC1CC1. The van der Waals surface area contributed by atoms with Crippen LogP contribution in [0, 0.1) is 5.92 Å². The summed E-state index contributed by atoms with van der Waals surface area (Å²) in [6.07, 6.45) is 3.42. The van der Waals surface area contributed by atoms with Crippen LogP contribution in [0.1, 0.15) is 38.7 Å². The Labute approximate surface area is 122 Å². The summed E-state index contributed by atoms with van der Waals surface area (Å²) >= 11 is 0. The van der Waals surface area contributed by atoms with E-state index in [4.69, 9.17) is 0 Å². The van der Waals surface area contributed by atoms with E-state index in [1.54, 1.807) is 12.1 Å². The molecule has 0 radical (unpaired) electrons. The molecule has 4 nitrogen and oxygen atoms in total. The molecule has 0 bridgehead atoms. The largest absolute Gasteiger partial charge is 0.313 e. The molecule has 1 unspecified atom stereocenters. The molecule has 1 aliphatic rings. The fourth-order valence-electron chi connectivity index (χ4n) is 2.40. The van der Waals surface area contributed by atoms with Gasteiger partial charge in [0.15, 0.2) is 0 Å². The molecule has 1 atom stereocenters. The first kappa shape index (κ1) is 15.5. The van der Waals surface area contributed by atoms with Crippen LogP contribution in [-0.2, 0) is 16.6 Å². The second kappa shape index (κ2) is 6.70. The van der Waals surface area contributed by atoms with E-state index in [-0.39, 0.29) is 6.04 Å². The van der Waals surface area contributed by atoms with Crippen molar-refractivity contribution in [2.45, 2.75) is 50.6 Å². The highest BCUT2D eigenvalue weighted by Gasteiger charge is 2.26. The molecule has 0 heterocycles. The molecule has 1 fully saturated rings. The predicted octanol–water partition coefficient (Wildman–Crippen LogP) is 2.26. The van der Waals surface area contributed by atoms with Gasteiger partial charge in [0.2, 0.25) is 10.0 Å². The maximum absolute atomic E-state index is 12.5. The molecule has 1 aliphatic carbocycles. The number of rotatable bonds is 8. The summed E-state index contributed by atoms with van der Waals surface area (Å²) in [7, 11) is -3.43. The highest BCUT2D eigenvalue weighted by atomic mass is 32.2. The van der Waals surface area contributed by atoms with Gasteiger partial charge in [-0.25, -0.2) is 13.1 Å². The molecule has 5 heteroatoms. The first-order valence-corrected chi connectivity index (χ1v) is 8.82. The normalized spacial score (nSPS) is 17.1. The first-order chi connectivity index (χ1) is 9.53. The summed E-state index contributed by atoms with van der Waals surface area (Å²) in [5.41, 5.74) is 0.820. The average molecular weight is 296 g/mol. The molecule has 1 aromatic rings. The van der Waals surface area contributed by atoms with Gasteiger partial charge in [0.1, 0.15) is 0 Å². The van der Waals surface area contributed by atoms with E-state index < -0.39 is 10.0 Å². The lowest BCUT2D eigenvalue weighted by atomic mass is 10.2. The van der Waals surface area contributed by atoms with Gasteiger partial charge in [0, 0.05) is 12.6 Å². The molecule has 1 saturated carbocycles. The topological polar surface area (TPSA) is 58.2 Å². The zero-order valence-electron chi connectivity index (χ0n) is 12.2. The third kappa shape index (κ3) is 4.30. The van der Waals surface area contributed by atoms with Gasteiger partial charge in [-0.3, -0.25) is 0 Å². The van der Waals surface area contributed by atoms with E-state index in [2.05, 4.69) is 10.0 Å². The van der Waals surface area contributed by atoms with Gasteiger partial charge < -0.3 is 5.32 Å². The Balaban J connectivity index is 2.10. The van der Waals surface area contributed by atoms with Crippen LogP contribution in [0.15, 0.2) is 29.2 Å². The molecule has 0 saturated heterocycles. The Morgan fingerprint density at radius 3 is 2.65 bits per heavy atom. The van der Waals surface area contributed by atoms with Gasteiger partial charge in [0.25, 0.3) is 0 Å². The summed E-state index contributed by atoms with van der Waals surface area (Å²) < 4.78 is 27.8. The summed E-state index contributed by atoms with van der Waals surface area (Å²) in [6.45, 7) is 5.35. The second-order valence-corrected chi connectivity index (χ2v) is 7.27. The zero-order valence-corrected chi connectivity index (χ0v) is 13.0. The highest BCUT2D eigenvalue weighted by molar-refractivity contribution is 7.89. The lowest BCUT2D eigenvalue weighted by molar-refractivity contribution is 0.528. The van der Waals surface area contributed by atoms with Crippen molar-refractivity contribution in [2.75, 3.05) is 6.54 Å². The van der Waals surface area contributed by atoms with Crippen molar-refractivity contribution >= 4 is 10.0 Å². The van der Waals surface area contributed by atoms with Crippen molar-refractivity contribution in [3.8, 4) is 0 Å². The second-order valence-electron chi connectivity index (χ2n) is 5.59. The van der Waals surface area contributed by atoms with Crippen molar-refractivity contribution < 1.29 is 8.42 Å². The number of benzene rings is 1. The van der Waals surface area contributed by atoms with Crippen LogP contribution >= 0.6 is 0 Å². The number of hydrogen-bond donors (Lipinski definition) is 2. The number of hydrogen-bond acceptors (Lipinski definition) is 3. The van der Waals surface area contributed by atoms with Crippen molar-refractivity contribution in [3.05, 3.63) is 29.8 Å². The van der Waals surface area contributed by atoms with Crippen LogP contribution in [0.2, 0.25) is 0 Å². The minimum absolute atomic E-state index is 0.000287. The highest BCUT2D eigenvalue weighted by Crippen LogP contribution is 2.33. The molecule has 1 aromatic carbocycles. The lowest BCUT2D eigenvalue weighted by Crippen LogP contribution is -2.33. The molecular formula is C15H24N2O2S. The fourth-order valence-corrected chi connectivity index (χ4v) is 3.90. The molecule has 2 N–H and O–H groups in total. The van der Waals surface area contributed by atoms with E-state index in [0.717, 1.165) is 18.5 Å². The minimum atomic E-state index is -3.43. The Kier molecular flexibility index (Phi) is 5.18. The predicted molar refractivity (Wildman–Crippen MR) is 80.9 cm³/mol. The van der Waals surface area contributed by atoms with Crippen LogP contribution in [-0.4, -0.2) is 21.0 Å². The van der Waals surface area contributed by atoms with Gasteiger partial charge in [-0.1, -0.05) is 38.0 Å². The monoisotopic (exact) mass is 296 g/mol. The molecule has 112 valence electrons. The van der Waals surface area contributed by atoms with Crippen LogP contribution < -0.4 is 10.0 Å². The Bertz CT molecular complexity index is 539. The van der Waals surface area contributed by atoms with E-state index >= 15 is 0 Å². The molecule has 0 amide bonds. The summed E-state index contributed by atoms with van der Waals surface area (Å²) in [6, 6.07) is 7.19. The van der Waals surface area contributed by atoms with Crippen LogP contribution in [0.3, 0.4) is 0 Å².